The highest BCUT2D eigenvalue weighted by Gasteiger charge is 2.30. The molecule has 1 unspecified atom stereocenters. The van der Waals surface area contributed by atoms with E-state index in [0.717, 1.165) is 18.7 Å². The molecule has 1 aliphatic rings. The van der Waals surface area contributed by atoms with Gasteiger partial charge >= 0.3 is 0 Å². The Morgan fingerprint density at radius 1 is 1.47 bits per heavy atom. The van der Waals surface area contributed by atoms with Gasteiger partial charge in [-0.05, 0) is 51.1 Å². The normalized spacial score (nSPS) is 18.6. The molecule has 0 saturated carbocycles. The number of rotatable bonds is 4. The largest absolute Gasteiger partial charge is 0.497 e. The first-order valence-electron chi connectivity index (χ1n) is 6.27. The van der Waals surface area contributed by atoms with Crippen LogP contribution in [-0.4, -0.2) is 32.8 Å². The average Bonchev–Trinajstić information content (AvgIpc) is 2.66. The minimum absolute atomic E-state index is 0.531. The zero-order chi connectivity index (χ0) is 12.4. The summed E-state index contributed by atoms with van der Waals surface area (Å²) >= 11 is 0. The minimum atomic E-state index is 0.531. The fraction of sp³-hybridized carbons (Fsp3) is 0.571. The molecule has 1 heterocycles. The molecule has 1 aromatic carbocycles. The number of benzene rings is 1. The Morgan fingerprint density at radius 2 is 2.24 bits per heavy atom. The van der Waals surface area contributed by atoms with Crippen LogP contribution < -0.4 is 15.0 Å². The number of fused-ring (bicyclic) bond motifs is 1. The highest BCUT2D eigenvalue weighted by Crippen LogP contribution is 2.35. The molecule has 0 amide bonds. The van der Waals surface area contributed by atoms with E-state index in [1.165, 1.54) is 11.3 Å². The molecule has 94 valence electrons. The van der Waals surface area contributed by atoms with Crippen molar-refractivity contribution in [2.45, 2.75) is 32.4 Å². The maximum absolute atomic E-state index is 5.30. The molecule has 1 N–H and O–H groups in total. The lowest BCUT2D eigenvalue weighted by atomic mass is 10.1. The summed E-state index contributed by atoms with van der Waals surface area (Å²) in [5, 5.41) is 3.29. The molecular formula is C14H22N2O. The van der Waals surface area contributed by atoms with Gasteiger partial charge in [0.2, 0.25) is 0 Å². The second-order valence-electron chi connectivity index (χ2n) is 4.91. The predicted molar refractivity (Wildman–Crippen MR) is 72.0 cm³/mol. The van der Waals surface area contributed by atoms with E-state index < -0.39 is 0 Å². The van der Waals surface area contributed by atoms with Crippen molar-refractivity contribution in [2.24, 2.45) is 0 Å². The fourth-order valence-corrected chi connectivity index (χ4v) is 2.76. The Bertz CT molecular complexity index is 390. The van der Waals surface area contributed by atoms with Gasteiger partial charge in [0.1, 0.15) is 5.75 Å². The lowest BCUT2D eigenvalue weighted by molar-refractivity contribution is 0.414. The minimum Gasteiger partial charge on any atom is -0.497 e. The Kier molecular flexibility index (Phi) is 3.57. The summed E-state index contributed by atoms with van der Waals surface area (Å²) < 4.78 is 5.30. The van der Waals surface area contributed by atoms with Gasteiger partial charge in [0.15, 0.2) is 0 Å². The van der Waals surface area contributed by atoms with Gasteiger partial charge in [-0.25, -0.2) is 0 Å². The Hall–Kier alpha value is -1.22. The molecule has 17 heavy (non-hydrogen) atoms. The molecule has 0 spiro atoms. The van der Waals surface area contributed by atoms with Crippen LogP contribution in [0.3, 0.4) is 0 Å². The lowest BCUT2D eigenvalue weighted by Crippen LogP contribution is -2.43. The quantitative estimate of drug-likeness (QED) is 0.863. The van der Waals surface area contributed by atoms with Gasteiger partial charge in [-0.3, -0.25) is 0 Å². The Labute approximate surface area is 104 Å². The molecular weight excluding hydrogens is 212 g/mol. The summed E-state index contributed by atoms with van der Waals surface area (Å²) in [6, 6.07) is 7.49. The van der Waals surface area contributed by atoms with Gasteiger partial charge in [-0.2, -0.15) is 0 Å². The standard InChI is InChI=1S/C14H22N2O/c1-10(2)16-12(9-15-3)7-11-8-13(17-4)5-6-14(11)16/h5-6,8,10,12,15H,7,9H2,1-4H3. The van der Waals surface area contributed by atoms with Gasteiger partial charge in [0.25, 0.3) is 0 Å². The van der Waals surface area contributed by atoms with Gasteiger partial charge in [0.05, 0.1) is 7.11 Å². The highest BCUT2D eigenvalue weighted by atomic mass is 16.5. The Morgan fingerprint density at radius 3 is 2.82 bits per heavy atom. The molecule has 0 saturated heterocycles. The number of methoxy groups -OCH3 is 1. The molecule has 0 aromatic heterocycles. The van der Waals surface area contributed by atoms with Crippen molar-refractivity contribution < 1.29 is 4.74 Å². The van der Waals surface area contributed by atoms with Crippen LogP contribution in [0.2, 0.25) is 0 Å². The number of anilines is 1. The molecule has 2 rings (SSSR count). The van der Waals surface area contributed by atoms with Crippen LogP contribution in [0.4, 0.5) is 5.69 Å². The van der Waals surface area contributed by atoms with Crippen molar-refractivity contribution >= 4 is 5.69 Å². The van der Waals surface area contributed by atoms with Crippen LogP contribution in [0, 0.1) is 0 Å². The van der Waals surface area contributed by atoms with Crippen molar-refractivity contribution in [2.75, 3.05) is 25.6 Å². The van der Waals surface area contributed by atoms with E-state index in [2.05, 4.69) is 42.3 Å². The van der Waals surface area contributed by atoms with Crippen molar-refractivity contribution in [3.63, 3.8) is 0 Å². The molecule has 0 bridgehead atoms. The third-order valence-corrected chi connectivity index (χ3v) is 3.41. The third kappa shape index (κ3) is 2.25. The lowest BCUT2D eigenvalue weighted by Gasteiger charge is -2.31. The molecule has 0 radical (unpaired) electrons. The summed E-state index contributed by atoms with van der Waals surface area (Å²) in [6.45, 7) is 5.53. The van der Waals surface area contributed by atoms with Crippen molar-refractivity contribution in [1.29, 1.82) is 0 Å². The first-order valence-corrected chi connectivity index (χ1v) is 6.27. The average molecular weight is 234 g/mol. The number of ether oxygens (including phenoxy) is 1. The number of nitrogens with zero attached hydrogens (tertiary/aromatic N) is 1. The number of hydrogen-bond acceptors (Lipinski definition) is 3. The summed E-state index contributed by atoms with van der Waals surface area (Å²) in [4.78, 5) is 2.51. The number of hydrogen-bond donors (Lipinski definition) is 1. The molecule has 1 aromatic rings. The van der Waals surface area contributed by atoms with Gasteiger partial charge in [-0.1, -0.05) is 0 Å². The van der Waals surface area contributed by atoms with E-state index in [9.17, 15) is 0 Å². The second-order valence-corrected chi connectivity index (χ2v) is 4.91. The first kappa shape index (κ1) is 12.2. The molecule has 3 nitrogen and oxygen atoms in total. The second kappa shape index (κ2) is 4.96. The van der Waals surface area contributed by atoms with Crippen molar-refractivity contribution in [1.82, 2.24) is 5.32 Å². The number of likely N-dealkylation sites (N-methyl/N-ethyl adjacent to an activating group) is 1. The molecule has 0 fully saturated rings. The molecule has 1 atom stereocenters. The van der Waals surface area contributed by atoms with Crippen LogP contribution >= 0.6 is 0 Å². The van der Waals surface area contributed by atoms with E-state index in [0.29, 0.717) is 12.1 Å². The van der Waals surface area contributed by atoms with E-state index in [-0.39, 0.29) is 0 Å². The zero-order valence-corrected chi connectivity index (χ0v) is 11.2. The van der Waals surface area contributed by atoms with Gasteiger partial charge < -0.3 is 15.0 Å². The summed E-state index contributed by atoms with van der Waals surface area (Å²) in [5.74, 6) is 0.956. The van der Waals surface area contributed by atoms with Crippen molar-refractivity contribution in [3.8, 4) is 5.75 Å². The molecule has 0 aliphatic carbocycles. The van der Waals surface area contributed by atoms with E-state index >= 15 is 0 Å². The van der Waals surface area contributed by atoms with Gasteiger partial charge in [0, 0.05) is 24.3 Å². The molecule has 1 aliphatic heterocycles. The topological polar surface area (TPSA) is 24.5 Å². The number of nitrogens with one attached hydrogen (secondary N) is 1. The zero-order valence-electron chi connectivity index (χ0n) is 11.2. The van der Waals surface area contributed by atoms with Crippen molar-refractivity contribution in [3.05, 3.63) is 23.8 Å². The smallest absolute Gasteiger partial charge is 0.119 e. The van der Waals surface area contributed by atoms with Crippen LogP contribution in [0.1, 0.15) is 19.4 Å². The third-order valence-electron chi connectivity index (χ3n) is 3.41. The van der Waals surface area contributed by atoms with E-state index in [1.807, 2.05) is 7.05 Å². The summed E-state index contributed by atoms with van der Waals surface area (Å²) in [6.07, 6.45) is 1.10. The maximum Gasteiger partial charge on any atom is 0.119 e. The molecule has 3 heteroatoms. The summed E-state index contributed by atoms with van der Waals surface area (Å²) in [7, 11) is 3.74. The summed E-state index contributed by atoms with van der Waals surface area (Å²) in [5.41, 5.74) is 2.76. The SMILES string of the molecule is CNCC1Cc2cc(OC)ccc2N1C(C)C. The highest BCUT2D eigenvalue weighted by molar-refractivity contribution is 5.62. The van der Waals surface area contributed by atoms with Crippen LogP contribution in [0.15, 0.2) is 18.2 Å². The van der Waals surface area contributed by atoms with Crippen LogP contribution in [0.5, 0.6) is 5.75 Å². The van der Waals surface area contributed by atoms with E-state index in [1.54, 1.807) is 7.11 Å². The fourth-order valence-electron chi connectivity index (χ4n) is 2.76. The Balaban J connectivity index is 2.32. The monoisotopic (exact) mass is 234 g/mol. The van der Waals surface area contributed by atoms with Crippen LogP contribution in [-0.2, 0) is 6.42 Å². The van der Waals surface area contributed by atoms with Crippen LogP contribution in [0.25, 0.3) is 0 Å². The van der Waals surface area contributed by atoms with Gasteiger partial charge in [-0.15, -0.1) is 0 Å². The predicted octanol–water partition coefficient (Wildman–Crippen LogP) is 2.05. The van der Waals surface area contributed by atoms with E-state index in [4.69, 9.17) is 4.74 Å². The maximum atomic E-state index is 5.30. The first-order chi connectivity index (χ1) is 8.17.